The molecule has 208 valence electrons. The van der Waals surface area contributed by atoms with Gasteiger partial charge >= 0.3 is 11.9 Å². The lowest BCUT2D eigenvalue weighted by Crippen LogP contribution is -2.48. The largest absolute Gasteiger partial charge is 0.458 e. The van der Waals surface area contributed by atoms with Gasteiger partial charge in [0.2, 0.25) is 5.28 Å². The molecule has 5 aliphatic rings. The third-order valence-electron chi connectivity index (χ3n) is 8.81. The Morgan fingerprint density at radius 1 is 1.26 bits per heavy atom. The van der Waals surface area contributed by atoms with Crippen LogP contribution in [0.2, 0.25) is 5.28 Å². The van der Waals surface area contributed by atoms with Gasteiger partial charge in [-0.3, -0.25) is 19.0 Å². The van der Waals surface area contributed by atoms with Crippen LogP contribution in [-0.4, -0.2) is 66.9 Å². The highest BCUT2D eigenvalue weighted by molar-refractivity contribution is 6.28. The Morgan fingerprint density at radius 2 is 2.00 bits per heavy atom. The van der Waals surface area contributed by atoms with Gasteiger partial charge in [-0.2, -0.15) is 9.97 Å². The fourth-order valence-electron chi connectivity index (χ4n) is 6.37. The Balaban J connectivity index is 1.25. The Labute approximate surface area is 229 Å². The van der Waals surface area contributed by atoms with Crippen LogP contribution in [0.1, 0.15) is 64.0 Å². The molecular weight excluding hydrogens is 530 g/mol. The van der Waals surface area contributed by atoms with Crippen LogP contribution in [-0.2, 0) is 28.6 Å². The first-order chi connectivity index (χ1) is 18.8. The number of nitrogens with one attached hydrogen (secondary N) is 1. The second-order valence-electron chi connectivity index (χ2n) is 11.0. The standard InChI is InChI=1S/C26H30ClN5O7/c1-2-26(12-33)16(38-23(36)25-8-5-14(6-9-25)7-10-25)11-17(39-26)32-13-28-19-20(30-24(27)31-21(19)32)29-22(35)15-3-4-18(34)37-15/h2,13-17,33H,1,3-12H2,(H,29,30,31,35)/t14?,15-,16+,17-,25?,26-/m1/s1. The number of ether oxygens (including phenoxy) is 3. The van der Waals surface area contributed by atoms with E-state index in [0.29, 0.717) is 5.92 Å². The number of cyclic esters (lactones) is 1. The predicted octanol–water partition coefficient (Wildman–Crippen LogP) is 2.84. The Morgan fingerprint density at radius 3 is 2.64 bits per heavy atom. The van der Waals surface area contributed by atoms with E-state index >= 15 is 0 Å². The minimum absolute atomic E-state index is 0.0572. The second kappa shape index (κ2) is 9.83. The van der Waals surface area contributed by atoms with Crippen LogP contribution in [0.3, 0.4) is 0 Å². The van der Waals surface area contributed by atoms with Crippen molar-refractivity contribution >= 4 is 46.4 Å². The van der Waals surface area contributed by atoms with Crippen LogP contribution in [0.25, 0.3) is 11.2 Å². The number of fused-ring (bicyclic) bond motifs is 4. The average Bonchev–Trinajstić information content (AvgIpc) is 3.67. The first kappa shape index (κ1) is 26.1. The number of hydrogen-bond acceptors (Lipinski definition) is 10. The van der Waals surface area contributed by atoms with Crippen molar-refractivity contribution in [1.29, 1.82) is 0 Å². The molecule has 7 rings (SSSR count). The number of nitrogens with zero attached hydrogens (tertiary/aromatic N) is 4. The first-order valence-electron chi connectivity index (χ1n) is 13.3. The molecule has 2 aliphatic heterocycles. The molecule has 2 bridgehead atoms. The van der Waals surface area contributed by atoms with Gasteiger partial charge in [0, 0.05) is 19.3 Å². The van der Waals surface area contributed by atoms with Gasteiger partial charge in [0.05, 0.1) is 18.3 Å². The molecule has 2 aromatic heterocycles. The van der Waals surface area contributed by atoms with Crippen molar-refractivity contribution in [1.82, 2.24) is 19.5 Å². The van der Waals surface area contributed by atoms with Crippen molar-refractivity contribution in [2.45, 2.75) is 81.8 Å². The molecule has 5 fully saturated rings. The lowest BCUT2D eigenvalue weighted by atomic mass is 9.61. The van der Waals surface area contributed by atoms with Gasteiger partial charge in [-0.15, -0.1) is 0 Å². The summed E-state index contributed by atoms with van der Waals surface area (Å²) in [6.45, 7) is 3.41. The summed E-state index contributed by atoms with van der Waals surface area (Å²) < 4.78 is 19.0. The predicted molar refractivity (Wildman–Crippen MR) is 136 cm³/mol. The number of imidazole rings is 1. The lowest BCUT2D eigenvalue weighted by Gasteiger charge is -2.45. The van der Waals surface area contributed by atoms with Crippen LogP contribution >= 0.6 is 11.6 Å². The SMILES string of the molecule is C=C[C@]1(CO)O[C@@H](n2cnc3c(NC(=O)[C@H]4CCC(=O)O4)nc(Cl)nc32)C[C@@H]1OC(=O)C12CCC(CC1)CC2. The van der Waals surface area contributed by atoms with Gasteiger partial charge in [-0.05, 0) is 56.0 Å². The van der Waals surface area contributed by atoms with E-state index in [4.69, 9.17) is 25.8 Å². The van der Waals surface area contributed by atoms with Crippen molar-refractivity contribution in [2.75, 3.05) is 11.9 Å². The second-order valence-corrected chi connectivity index (χ2v) is 11.3. The number of carbonyl (C=O) groups is 3. The van der Waals surface area contributed by atoms with Gasteiger partial charge in [0.25, 0.3) is 5.91 Å². The molecule has 0 radical (unpaired) electrons. The highest BCUT2D eigenvalue weighted by Gasteiger charge is 2.53. The maximum Gasteiger partial charge on any atom is 0.312 e. The van der Waals surface area contributed by atoms with Crippen molar-refractivity contribution in [3.05, 3.63) is 24.3 Å². The summed E-state index contributed by atoms with van der Waals surface area (Å²) in [6.07, 6.45) is 6.71. The quantitative estimate of drug-likeness (QED) is 0.294. The number of anilines is 1. The van der Waals surface area contributed by atoms with Gasteiger partial charge in [-0.25, -0.2) is 4.98 Å². The molecule has 3 aliphatic carbocycles. The van der Waals surface area contributed by atoms with Gasteiger partial charge < -0.3 is 24.6 Å². The number of amides is 1. The van der Waals surface area contributed by atoms with Crippen molar-refractivity contribution < 1.29 is 33.7 Å². The van der Waals surface area contributed by atoms with E-state index in [-0.39, 0.29) is 47.5 Å². The molecule has 2 saturated heterocycles. The molecule has 2 aromatic rings. The van der Waals surface area contributed by atoms with E-state index in [1.807, 2.05) is 0 Å². The minimum Gasteiger partial charge on any atom is -0.458 e. The van der Waals surface area contributed by atoms with E-state index in [1.165, 1.54) is 12.4 Å². The highest BCUT2D eigenvalue weighted by atomic mass is 35.5. The fraction of sp³-hybridized carbons (Fsp3) is 0.615. The summed E-state index contributed by atoms with van der Waals surface area (Å²) in [5.74, 6) is -0.466. The lowest BCUT2D eigenvalue weighted by molar-refractivity contribution is -0.177. The summed E-state index contributed by atoms with van der Waals surface area (Å²) in [4.78, 5) is 50.3. The Kier molecular flexibility index (Phi) is 6.59. The van der Waals surface area contributed by atoms with Crippen molar-refractivity contribution in [2.24, 2.45) is 11.3 Å². The molecule has 13 heteroatoms. The number of aromatic nitrogens is 4. The number of halogens is 1. The van der Waals surface area contributed by atoms with E-state index in [0.717, 1.165) is 38.5 Å². The van der Waals surface area contributed by atoms with Crippen LogP contribution in [0, 0.1) is 11.3 Å². The number of hydrogen-bond donors (Lipinski definition) is 2. The van der Waals surface area contributed by atoms with E-state index in [1.54, 1.807) is 4.57 Å². The maximum absolute atomic E-state index is 13.5. The molecule has 12 nitrogen and oxygen atoms in total. The molecular formula is C26H30ClN5O7. The number of aliphatic hydroxyl groups is 1. The summed E-state index contributed by atoms with van der Waals surface area (Å²) >= 11 is 6.19. The van der Waals surface area contributed by atoms with Gasteiger partial charge in [0.1, 0.15) is 17.9 Å². The first-order valence-corrected chi connectivity index (χ1v) is 13.7. The fourth-order valence-corrected chi connectivity index (χ4v) is 6.53. The molecule has 0 spiro atoms. The smallest absolute Gasteiger partial charge is 0.312 e. The van der Waals surface area contributed by atoms with Crippen molar-refractivity contribution in [3.8, 4) is 0 Å². The van der Waals surface area contributed by atoms with Gasteiger partial charge in [0.15, 0.2) is 23.1 Å². The molecule has 3 saturated carbocycles. The monoisotopic (exact) mass is 559 g/mol. The van der Waals surface area contributed by atoms with E-state index < -0.39 is 47.9 Å². The summed E-state index contributed by atoms with van der Waals surface area (Å²) in [6, 6.07) is 0. The summed E-state index contributed by atoms with van der Waals surface area (Å²) in [7, 11) is 0. The Hall–Kier alpha value is -3.09. The zero-order chi connectivity index (χ0) is 27.4. The van der Waals surface area contributed by atoms with Crippen LogP contribution in [0.4, 0.5) is 5.82 Å². The molecule has 4 atom stereocenters. The zero-order valence-electron chi connectivity index (χ0n) is 21.3. The van der Waals surface area contributed by atoms with E-state index in [2.05, 4.69) is 26.8 Å². The zero-order valence-corrected chi connectivity index (χ0v) is 22.1. The molecule has 39 heavy (non-hydrogen) atoms. The summed E-state index contributed by atoms with van der Waals surface area (Å²) in [5.41, 5.74) is -1.28. The highest BCUT2D eigenvalue weighted by Crippen LogP contribution is 2.52. The number of esters is 2. The van der Waals surface area contributed by atoms with Gasteiger partial charge in [-0.1, -0.05) is 12.7 Å². The molecule has 4 heterocycles. The third-order valence-corrected chi connectivity index (χ3v) is 8.98. The number of carbonyl (C=O) groups excluding carboxylic acids is 3. The topological polar surface area (TPSA) is 155 Å². The maximum atomic E-state index is 13.5. The molecule has 2 N–H and O–H groups in total. The normalized spacial score (nSPS) is 33.7. The van der Waals surface area contributed by atoms with Crippen molar-refractivity contribution in [3.63, 3.8) is 0 Å². The Bertz CT molecular complexity index is 1330. The third kappa shape index (κ3) is 4.48. The molecule has 0 aromatic carbocycles. The summed E-state index contributed by atoms with van der Waals surface area (Å²) in [5, 5.41) is 12.8. The van der Waals surface area contributed by atoms with Crippen LogP contribution in [0.15, 0.2) is 19.0 Å². The number of aliphatic hydroxyl groups excluding tert-OH is 1. The van der Waals surface area contributed by atoms with E-state index in [9.17, 15) is 19.5 Å². The number of rotatable bonds is 7. The van der Waals surface area contributed by atoms with Crippen LogP contribution in [0.5, 0.6) is 0 Å². The van der Waals surface area contributed by atoms with Crippen LogP contribution < -0.4 is 5.32 Å². The molecule has 0 unspecified atom stereocenters. The minimum atomic E-state index is -1.32. The average molecular weight is 560 g/mol. The molecule has 1 amide bonds.